The van der Waals surface area contributed by atoms with Crippen LogP contribution in [0.4, 0.5) is 0 Å². The topological polar surface area (TPSA) is 54.5 Å². The second-order valence-corrected chi connectivity index (χ2v) is 9.07. The summed E-state index contributed by atoms with van der Waals surface area (Å²) in [5.41, 5.74) is 1.51. The molecule has 0 unspecified atom stereocenters. The minimum absolute atomic E-state index is 0.0995. The number of piperidine rings is 1. The normalized spacial score (nSPS) is 21.4. The maximum atomic E-state index is 13.2. The van der Waals surface area contributed by atoms with E-state index in [0.717, 1.165) is 24.6 Å². The van der Waals surface area contributed by atoms with Crippen LogP contribution in [0.3, 0.4) is 0 Å². The fourth-order valence-corrected chi connectivity index (χ4v) is 5.31. The first-order valence-corrected chi connectivity index (χ1v) is 11.8. The minimum Gasteiger partial charge on any atom is -0.496 e. The molecule has 2 atom stereocenters. The summed E-state index contributed by atoms with van der Waals surface area (Å²) >= 11 is 0. The maximum Gasteiger partial charge on any atom is 0.255 e. The predicted molar refractivity (Wildman–Crippen MR) is 123 cm³/mol. The van der Waals surface area contributed by atoms with E-state index in [4.69, 9.17) is 4.74 Å². The first-order chi connectivity index (χ1) is 15.2. The average Bonchev–Trinajstić information content (AvgIpc) is 2.83. The SMILES string of the molecule is COc1ccccc1C(=O)N[C@@H](c1ccccn1)[C@@H]1CCCN(CC2CCCCC2)C1. The third-order valence-corrected chi connectivity index (χ3v) is 6.90. The van der Waals surface area contributed by atoms with Crippen LogP contribution in [0.25, 0.3) is 0 Å². The Bertz CT molecular complexity index is 836. The summed E-state index contributed by atoms with van der Waals surface area (Å²) in [7, 11) is 1.60. The molecular weight excluding hydrogens is 386 g/mol. The van der Waals surface area contributed by atoms with Gasteiger partial charge < -0.3 is 15.0 Å². The molecule has 31 heavy (non-hydrogen) atoms. The molecule has 5 heteroatoms. The summed E-state index contributed by atoms with van der Waals surface area (Å²) in [6, 6.07) is 13.3. The molecule has 5 nitrogen and oxygen atoms in total. The van der Waals surface area contributed by atoms with Crippen LogP contribution in [-0.2, 0) is 0 Å². The van der Waals surface area contributed by atoms with Crippen molar-refractivity contribution < 1.29 is 9.53 Å². The predicted octanol–water partition coefficient (Wildman–Crippen LogP) is 4.85. The molecule has 2 aromatic rings. The molecule has 0 spiro atoms. The van der Waals surface area contributed by atoms with E-state index in [2.05, 4.69) is 15.2 Å². The van der Waals surface area contributed by atoms with Crippen LogP contribution in [0.5, 0.6) is 5.75 Å². The van der Waals surface area contributed by atoms with Gasteiger partial charge in [0.15, 0.2) is 0 Å². The quantitative estimate of drug-likeness (QED) is 0.694. The lowest BCUT2D eigenvalue weighted by atomic mass is 9.85. The number of likely N-dealkylation sites (tertiary alicyclic amines) is 1. The Morgan fingerprint density at radius 2 is 1.90 bits per heavy atom. The number of aromatic nitrogens is 1. The van der Waals surface area contributed by atoms with Crippen LogP contribution in [0.15, 0.2) is 48.7 Å². The van der Waals surface area contributed by atoms with Crippen molar-refractivity contribution in [3.63, 3.8) is 0 Å². The number of amides is 1. The Morgan fingerprint density at radius 1 is 1.10 bits per heavy atom. The number of ether oxygens (including phenoxy) is 1. The molecule has 1 aliphatic carbocycles. The number of benzene rings is 1. The van der Waals surface area contributed by atoms with E-state index in [1.807, 2.05) is 48.7 Å². The zero-order chi connectivity index (χ0) is 21.5. The fraction of sp³-hybridized carbons (Fsp3) is 0.538. The summed E-state index contributed by atoms with van der Waals surface area (Å²) in [6.07, 6.45) is 11.0. The molecule has 0 bridgehead atoms. The van der Waals surface area contributed by atoms with Gasteiger partial charge in [0.2, 0.25) is 0 Å². The number of methoxy groups -OCH3 is 1. The van der Waals surface area contributed by atoms with E-state index >= 15 is 0 Å². The summed E-state index contributed by atoms with van der Waals surface area (Å²) in [6.45, 7) is 3.39. The van der Waals surface area contributed by atoms with Gasteiger partial charge in [0.1, 0.15) is 5.75 Å². The number of hydrogen-bond donors (Lipinski definition) is 1. The smallest absolute Gasteiger partial charge is 0.255 e. The van der Waals surface area contributed by atoms with Gasteiger partial charge in [-0.25, -0.2) is 0 Å². The van der Waals surface area contributed by atoms with Gasteiger partial charge in [-0.3, -0.25) is 9.78 Å². The van der Waals surface area contributed by atoms with Crippen molar-refractivity contribution in [1.82, 2.24) is 15.2 Å². The molecule has 4 rings (SSSR count). The van der Waals surface area contributed by atoms with Crippen LogP contribution >= 0.6 is 0 Å². The third-order valence-electron chi connectivity index (χ3n) is 6.90. The zero-order valence-electron chi connectivity index (χ0n) is 18.6. The highest BCUT2D eigenvalue weighted by Gasteiger charge is 2.32. The van der Waals surface area contributed by atoms with E-state index in [1.165, 1.54) is 51.6 Å². The van der Waals surface area contributed by atoms with E-state index in [0.29, 0.717) is 17.2 Å². The van der Waals surface area contributed by atoms with Gasteiger partial charge in [-0.2, -0.15) is 0 Å². The van der Waals surface area contributed by atoms with Crippen molar-refractivity contribution >= 4 is 5.91 Å². The van der Waals surface area contributed by atoms with Crippen molar-refractivity contribution in [2.24, 2.45) is 11.8 Å². The van der Waals surface area contributed by atoms with Crippen molar-refractivity contribution in [2.45, 2.75) is 51.0 Å². The molecule has 1 aromatic heterocycles. The molecule has 2 fully saturated rings. The molecule has 1 saturated heterocycles. The third kappa shape index (κ3) is 5.65. The first kappa shape index (κ1) is 21.8. The van der Waals surface area contributed by atoms with Gasteiger partial charge in [-0.1, -0.05) is 37.5 Å². The van der Waals surface area contributed by atoms with Crippen molar-refractivity contribution in [1.29, 1.82) is 0 Å². The lowest BCUT2D eigenvalue weighted by molar-refractivity contribution is 0.0853. The summed E-state index contributed by atoms with van der Waals surface area (Å²) in [4.78, 5) is 20.5. The Morgan fingerprint density at radius 3 is 2.68 bits per heavy atom. The van der Waals surface area contributed by atoms with Crippen molar-refractivity contribution in [3.8, 4) is 5.75 Å². The summed E-state index contributed by atoms with van der Waals surface area (Å²) in [5.74, 6) is 1.69. The highest BCUT2D eigenvalue weighted by Crippen LogP contribution is 2.32. The van der Waals surface area contributed by atoms with Gasteiger partial charge in [0, 0.05) is 19.3 Å². The van der Waals surface area contributed by atoms with Crippen LogP contribution in [-0.4, -0.2) is 42.5 Å². The maximum absolute atomic E-state index is 13.2. The molecular formula is C26H35N3O2. The molecule has 1 aliphatic heterocycles. The lowest BCUT2D eigenvalue weighted by Crippen LogP contribution is -2.44. The summed E-state index contributed by atoms with van der Waals surface area (Å²) in [5, 5.41) is 3.31. The van der Waals surface area contributed by atoms with Gasteiger partial charge in [-0.05, 0) is 68.3 Å². The largest absolute Gasteiger partial charge is 0.496 e. The lowest BCUT2D eigenvalue weighted by Gasteiger charge is -2.39. The van der Waals surface area contributed by atoms with Crippen LogP contribution in [0, 0.1) is 11.8 Å². The number of nitrogens with one attached hydrogen (secondary N) is 1. The van der Waals surface area contributed by atoms with Crippen LogP contribution in [0.2, 0.25) is 0 Å². The molecule has 0 radical (unpaired) electrons. The van der Waals surface area contributed by atoms with Crippen molar-refractivity contribution in [3.05, 3.63) is 59.9 Å². The van der Waals surface area contributed by atoms with Crippen LogP contribution < -0.4 is 10.1 Å². The number of nitrogens with zero attached hydrogens (tertiary/aromatic N) is 2. The minimum atomic E-state index is -0.104. The Hall–Kier alpha value is -2.40. The highest BCUT2D eigenvalue weighted by atomic mass is 16.5. The molecule has 1 N–H and O–H groups in total. The summed E-state index contributed by atoms with van der Waals surface area (Å²) < 4.78 is 5.42. The molecule has 2 aliphatic rings. The number of para-hydroxylation sites is 1. The fourth-order valence-electron chi connectivity index (χ4n) is 5.31. The zero-order valence-corrected chi connectivity index (χ0v) is 18.6. The van der Waals surface area contributed by atoms with E-state index in [-0.39, 0.29) is 11.9 Å². The highest BCUT2D eigenvalue weighted by molar-refractivity contribution is 5.97. The number of carbonyl (C=O) groups excluding carboxylic acids is 1. The van der Waals surface area contributed by atoms with E-state index in [1.54, 1.807) is 7.11 Å². The molecule has 1 saturated carbocycles. The Balaban J connectivity index is 1.50. The second-order valence-electron chi connectivity index (χ2n) is 9.07. The molecule has 2 heterocycles. The Kier molecular flexibility index (Phi) is 7.57. The van der Waals surface area contributed by atoms with Gasteiger partial charge in [0.05, 0.1) is 24.4 Å². The number of rotatable bonds is 7. The standard InChI is InChI=1S/C26H35N3O2/c1-31-24-15-6-5-13-22(24)26(30)28-25(23-14-7-8-16-27-23)21-12-9-17-29(19-21)18-20-10-3-2-4-11-20/h5-8,13-16,20-21,25H,2-4,9-12,17-19H2,1H3,(H,28,30)/t21-,25-/m1/s1. The first-order valence-electron chi connectivity index (χ1n) is 11.8. The number of carbonyl (C=O) groups is 1. The van der Waals surface area contributed by atoms with E-state index in [9.17, 15) is 4.79 Å². The van der Waals surface area contributed by atoms with Crippen LogP contribution in [0.1, 0.15) is 67.0 Å². The average molecular weight is 422 g/mol. The van der Waals surface area contributed by atoms with Gasteiger partial charge in [-0.15, -0.1) is 0 Å². The Labute approximate surface area is 186 Å². The number of hydrogen-bond acceptors (Lipinski definition) is 4. The molecule has 1 amide bonds. The van der Waals surface area contributed by atoms with E-state index < -0.39 is 0 Å². The van der Waals surface area contributed by atoms with Gasteiger partial charge in [0.25, 0.3) is 5.91 Å². The second kappa shape index (κ2) is 10.8. The monoisotopic (exact) mass is 421 g/mol. The van der Waals surface area contributed by atoms with Gasteiger partial charge >= 0.3 is 0 Å². The molecule has 166 valence electrons. The molecule has 1 aromatic carbocycles. The number of pyridine rings is 1. The van der Waals surface area contributed by atoms with Crippen molar-refractivity contribution in [2.75, 3.05) is 26.7 Å².